The van der Waals surface area contributed by atoms with E-state index in [1.54, 1.807) is 0 Å². The van der Waals surface area contributed by atoms with Gasteiger partial charge in [0, 0.05) is 37.3 Å². The monoisotopic (exact) mass is 282 g/mol. The van der Waals surface area contributed by atoms with Crippen LogP contribution in [0.1, 0.15) is 54.9 Å². The van der Waals surface area contributed by atoms with E-state index in [-0.39, 0.29) is 5.54 Å². The van der Waals surface area contributed by atoms with Crippen molar-refractivity contribution in [1.29, 1.82) is 0 Å². The van der Waals surface area contributed by atoms with Crippen LogP contribution < -0.4 is 5.32 Å². The van der Waals surface area contributed by atoms with Crippen LogP contribution in [0.25, 0.3) is 0 Å². The molecule has 2 aliphatic rings. The highest BCUT2D eigenvalue weighted by molar-refractivity contribution is 5.04. The number of ether oxygens (including phenoxy) is 1. The lowest BCUT2D eigenvalue weighted by atomic mass is 9.80. The van der Waals surface area contributed by atoms with Gasteiger partial charge in [-0.1, -0.05) is 34.6 Å². The zero-order valence-corrected chi connectivity index (χ0v) is 14.5. The van der Waals surface area contributed by atoms with E-state index in [9.17, 15) is 0 Å². The van der Waals surface area contributed by atoms with Crippen molar-refractivity contribution >= 4 is 0 Å². The van der Waals surface area contributed by atoms with Crippen molar-refractivity contribution in [3.8, 4) is 0 Å². The zero-order valence-electron chi connectivity index (χ0n) is 14.5. The van der Waals surface area contributed by atoms with Crippen molar-refractivity contribution in [3.05, 3.63) is 0 Å². The Kier molecular flexibility index (Phi) is 4.54. The molecule has 0 aromatic carbocycles. The molecule has 20 heavy (non-hydrogen) atoms. The smallest absolute Gasteiger partial charge is 0.0728 e. The molecule has 3 heteroatoms. The standard InChI is InChI=1S/C17H34N2O/c1-12(2)14-10-18-15(16(4,5)6)11-19(14)17(7)8-9-20-13(17)3/h12-15,18H,8-11H2,1-7H3. The van der Waals surface area contributed by atoms with E-state index < -0.39 is 0 Å². The summed E-state index contributed by atoms with van der Waals surface area (Å²) >= 11 is 0. The number of nitrogens with zero attached hydrogens (tertiary/aromatic N) is 1. The molecule has 4 atom stereocenters. The van der Waals surface area contributed by atoms with Gasteiger partial charge in [-0.05, 0) is 31.6 Å². The van der Waals surface area contributed by atoms with Crippen LogP contribution in [0.3, 0.4) is 0 Å². The Morgan fingerprint density at radius 3 is 2.40 bits per heavy atom. The van der Waals surface area contributed by atoms with Gasteiger partial charge in [0.1, 0.15) is 0 Å². The molecule has 0 bridgehead atoms. The quantitative estimate of drug-likeness (QED) is 0.843. The van der Waals surface area contributed by atoms with Gasteiger partial charge in [0.15, 0.2) is 0 Å². The van der Waals surface area contributed by atoms with Crippen LogP contribution in [0.5, 0.6) is 0 Å². The molecule has 0 amide bonds. The topological polar surface area (TPSA) is 24.5 Å². The second-order valence-corrected chi connectivity index (χ2v) is 8.41. The van der Waals surface area contributed by atoms with Gasteiger partial charge in [-0.3, -0.25) is 4.90 Å². The maximum atomic E-state index is 5.91. The van der Waals surface area contributed by atoms with E-state index >= 15 is 0 Å². The van der Waals surface area contributed by atoms with Gasteiger partial charge >= 0.3 is 0 Å². The highest BCUT2D eigenvalue weighted by atomic mass is 16.5. The fourth-order valence-electron chi connectivity index (χ4n) is 3.74. The van der Waals surface area contributed by atoms with Gasteiger partial charge in [0.2, 0.25) is 0 Å². The molecule has 118 valence electrons. The van der Waals surface area contributed by atoms with Crippen LogP contribution in [-0.4, -0.2) is 48.3 Å². The molecular weight excluding hydrogens is 248 g/mol. The summed E-state index contributed by atoms with van der Waals surface area (Å²) in [6, 6.07) is 1.17. The lowest BCUT2D eigenvalue weighted by molar-refractivity contribution is -0.0486. The van der Waals surface area contributed by atoms with Gasteiger partial charge in [0.05, 0.1) is 6.10 Å². The first-order chi connectivity index (χ1) is 9.16. The maximum absolute atomic E-state index is 5.91. The highest BCUT2D eigenvalue weighted by Crippen LogP contribution is 2.37. The van der Waals surface area contributed by atoms with Crippen LogP contribution in [-0.2, 0) is 4.74 Å². The molecule has 4 unspecified atom stereocenters. The van der Waals surface area contributed by atoms with E-state index in [0.717, 1.165) is 26.1 Å². The maximum Gasteiger partial charge on any atom is 0.0728 e. The second-order valence-electron chi connectivity index (χ2n) is 8.41. The summed E-state index contributed by atoms with van der Waals surface area (Å²) in [6.45, 7) is 19.5. The molecular formula is C17H34N2O. The molecule has 0 aliphatic carbocycles. The van der Waals surface area contributed by atoms with Crippen LogP contribution in [0.2, 0.25) is 0 Å². The molecule has 2 fully saturated rings. The second kappa shape index (κ2) is 5.58. The summed E-state index contributed by atoms with van der Waals surface area (Å²) in [5.74, 6) is 0.674. The largest absolute Gasteiger partial charge is 0.377 e. The molecule has 0 aromatic rings. The van der Waals surface area contributed by atoms with Crippen molar-refractivity contribution in [2.24, 2.45) is 11.3 Å². The molecule has 0 aromatic heterocycles. The predicted octanol–water partition coefficient (Wildman–Crippen LogP) is 2.90. The Labute approximate surface area is 125 Å². The van der Waals surface area contributed by atoms with E-state index in [1.807, 2.05) is 0 Å². The van der Waals surface area contributed by atoms with Crippen molar-refractivity contribution in [3.63, 3.8) is 0 Å². The van der Waals surface area contributed by atoms with Gasteiger partial charge in [0.25, 0.3) is 0 Å². The number of piperazine rings is 1. The van der Waals surface area contributed by atoms with Gasteiger partial charge in [-0.2, -0.15) is 0 Å². The molecule has 2 aliphatic heterocycles. The first-order valence-corrected chi connectivity index (χ1v) is 8.28. The Morgan fingerprint density at radius 1 is 1.30 bits per heavy atom. The SMILES string of the molecule is CC(C)C1CNC(C(C)(C)C)CN1C1(C)CCOC1C. The van der Waals surface area contributed by atoms with E-state index in [4.69, 9.17) is 4.74 Å². The highest BCUT2D eigenvalue weighted by Gasteiger charge is 2.48. The molecule has 1 N–H and O–H groups in total. The summed E-state index contributed by atoms with van der Waals surface area (Å²) in [5.41, 5.74) is 0.500. The molecule has 2 rings (SSSR count). The van der Waals surface area contributed by atoms with Crippen LogP contribution in [0.4, 0.5) is 0 Å². The summed E-state index contributed by atoms with van der Waals surface area (Å²) in [5, 5.41) is 3.79. The minimum Gasteiger partial charge on any atom is -0.377 e. The lowest BCUT2D eigenvalue weighted by Crippen LogP contribution is -2.68. The third kappa shape index (κ3) is 2.90. The summed E-state index contributed by atoms with van der Waals surface area (Å²) < 4.78 is 5.91. The number of hydrogen-bond donors (Lipinski definition) is 1. The third-order valence-corrected chi connectivity index (χ3v) is 5.68. The van der Waals surface area contributed by atoms with E-state index in [2.05, 4.69) is 58.7 Å². The van der Waals surface area contributed by atoms with Gasteiger partial charge < -0.3 is 10.1 Å². The van der Waals surface area contributed by atoms with E-state index in [0.29, 0.717) is 29.5 Å². The van der Waals surface area contributed by atoms with Crippen molar-refractivity contribution in [2.45, 2.75) is 78.6 Å². The van der Waals surface area contributed by atoms with Crippen LogP contribution in [0.15, 0.2) is 0 Å². The fraction of sp³-hybridized carbons (Fsp3) is 1.00. The molecule has 0 radical (unpaired) electrons. The Bertz CT molecular complexity index is 336. The van der Waals surface area contributed by atoms with Crippen LogP contribution >= 0.6 is 0 Å². The fourth-order valence-corrected chi connectivity index (χ4v) is 3.74. The summed E-state index contributed by atoms with van der Waals surface area (Å²) in [4.78, 5) is 2.77. The lowest BCUT2D eigenvalue weighted by Gasteiger charge is -2.53. The van der Waals surface area contributed by atoms with E-state index in [1.165, 1.54) is 0 Å². The Hall–Kier alpha value is -0.120. The van der Waals surface area contributed by atoms with Crippen LogP contribution in [0, 0.1) is 11.3 Å². The third-order valence-electron chi connectivity index (χ3n) is 5.68. The Balaban J connectivity index is 2.23. The molecule has 2 heterocycles. The number of hydrogen-bond acceptors (Lipinski definition) is 3. The van der Waals surface area contributed by atoms with Crippen molar-refractivity contribution in [1.82, 2.24) is 10.2 Å². The Morgan fingerprint density at radius 2 is 1.95 bits per heavy atom. The van der Waals surface area contributed by atoms with Gasteiger partial charge in [-0.25, -0.2) is 0 Å². The minimum atomic E-state index is 0.195. The normalized spacial score (nSPS) is 40.5. The molecule has 0 spiro atoms. The van der Waals surface area contributed by atoms with Crippen molar-refractivity contribution in [2.75, 3.05) is 19.7 Å². The predicted molar refractivity (Wildman–Crippen MR) is 85.0 cm³/mol. The number of nitrogens with one attached hydrogen (secondary N) is 1. The molecule has 2 saturated heterocycles. The van der Waals surface area contributed by atoms with Crippen molar-refractivity contribution < 1.29 is 4.74 Å². The number of rotatable bonds is 2. The zero-order chi connectivity index (χ0) is 15.1. The average molecular weight is 282 g/mol. The summed E-state index contributed by atoms with van der Waals surface area (Å²) in [7, 11) is 0. The molecule has 0 saturated carbocycles. The first kappa shape index (κ1) is 16.3. The first-order valence-electron chi connectivity index (χ1n) is 8.28. The summed E-state index contributed by atoms with van der Waals surface area (Å²) in [6.07, 6.45) is 1.50. The minimum absolute atomic E-state index is 0.195. The molecule has 3 nitrogen and oxygen atoms in total. The van der Waals surface area contributed by atoms with Gasteiger partial charge in [-0.15, -0.1) is 0 Å². The average Bonchev–Trinajstić information content (AvgIpc) is 2.69.